The van der Waals surface area contributed by atoms with Crippen LogP contribution in [-0.2, 0) is 5.41 Å². The van der Waals surface area contributed by atoms with Crippen LogP contribution < -0.4 is 5.73 Å². The molecule has 4 heteroatoms. The Morgan fingerprint density at radius 1 is 1.47 bits per heavy atom. The molecule has 0 radical (unpaired) electrons. The van der Waals surface area contributed by atoms with Gasteiger partial charge in [-0.25, -0.2) is 0 Å². The van der Waals surface area contributed by atoms with Gasteiger partial charge in [-0.05, 0) is 18.8 Å². The van der Waals surface area contributed by atoms with E-state index in [0.717, 1.165) is 5.82 Å². The maximum absolute atomic E-state index is 5.71. The van der Waals surface area contributed by atoms with E-state index < -0.39 is 0 Å². The third-order valence-electron chi connectivity index (χ3n) is 3.36. The molecule has 1 aliphatic rings. The summed E-state index contributed by atoms with van der Waals surface area (Å²) in [7, 11) is 0. The lowest BCUT2D eigenvalue weighted by Crippen LogP contribution is -2.18. The lowest BCUT2D eigenvalue weighted by atomic mass is 9.96. The van der Waals surface area contributed by atoms with E-state index in [0.29, 0.717) is 18.4 Å². The molecule has 4 nitrogen and oxygen atoms in total. The van der Waals surface area contributed by atoms with Gasteiger partial charge in [-0.2, -0.15) is 4.98 Å². The Labute approximate surface area is 90.2 Å². The Morgan fingerprint density at radius 3 is 2.60 bits per heavy atom. The van der Waals surface area contributed by atoms with E-state index in [9.17, 15) is 0 Å². The zero-order chi connectivity index (χ0) is 11.1. The topological polar surface area (TPSA) is 64.9 Å². The van der Waals surface area contributed by atoms with Crippen molar-refractivity contribution in [1.29, 1.82) is 0 Å². The van der Waals surface area contributed by atoms with Gasteiger partial charge < -0.3 is 10.3 Å². The van der Waals surface area contributed by atoms with Gasteiger partial charge in [0, 0.05) is 12.0 Å². The summed E-state index contributed by atoms with van der Waals surface area (Å²) in [5.74, 6) is 2.19. The molecule has 1 aromatic rings. The second-order valence-electron chi connectivity index (χ2n) is 5.10. The molecule has 0 aliphatic heterocycles. The van der Waals surface area contributed by atoms with Crippen molar-refractivity contribution >= 4 is 0 Å². The Balaban J connectivity index is 2.18. The predicted octanol–water partition coefficient (Wildman–Crippen LogP) is 1.82. The first-order valence-corrected chi connectivity index (χ1v) is 5.61. The molecular formula is C11H19N3O. The molecule has 15 heavy (non-hydrogen) atoms. The third-order valence-corrected chi connectivity index (χ3v) is 3.36. The van der Waals surface area contributed by atoms with E-state index in [1.165, 1.54) is 12.8 Å². The fourth-order valence-corrected chi connectivity index (χ4v) is 1.70. The highest BCUT2D eigenvalue weighted by Gasteiger charge is 2.44. The third kappa shape index (κ3) is 1.91. The lowest BCUT2D eigenvalue weighted by molar-refractivity contribution is 0.320. The van der Waals surface area contributed by atoms with Crippen molar-refractivity contribution in [2.45, 2.75) is 44.9 Å². The molecule has 0 bridgehead atoms. The van der Waals surface area contributed by atoms with E-state index >= 15 is 0 Å². The summed E-state index contributed by atoms with van der Waals surface area (Å²) in [6, 6.07) is 0. The number of hydrogen-bond donors (Lipinski definition) is 1. The van der Waals surface area contributed by atoms with Gasteiger partial charge in [-0.15, -0.1) is 0 Å². The van der Waals surface area contributed by atoms with Crippen LogP contribution in [0.1, 0.15) is 51.2 Å². The Hall–Kier alpha value is -0.900. The quantitative estimate of drug-likeness (QED) is 0.821. The molecule has 0 spiro atoms. The summed E-state index contributed by atoms with van der Waals surface area (Å²) >= 11 is 0. The van der Waals surface area contributed by atoms with Crippen LogP contribution in [0.5, 0.6) is 0 Å². The highest BCUT2D eigenvalue weighted by molar-refractivity contribution is 5.15. The van der Waals surface area contributed by atoms with Gasteiger partial charge in [0.05, 0.1) is 5.92 Å². The van der Waals surface area contributed by atoms with Crippen molar-refractivity contribution in [3.05, 3.63) is 11.7 Å². The average molecular weight is 209 g/mol. The Kier molecular flexibility index (Phi) is 2.54. The number of nitrogens with zero attached hydrogens (tertiary/aromatic N) is 2. The summed E-state index contributed by atoms with van der Waals surface area (Å²) in [4.78, 5) is 4.48. The molecule has 1 atom stereocenters. The fourth-order valence-electron chi connectivity index (χ4n) is 1.70. The molecule has 84 valence electrons. The Morgan fingerprint density at radius 2 is 2.13 bits per heavy atom. The monoisotopic (exact) mass is 209 g/mol. The molecule has 1 heterocycles. The molecule has 1 unspecified atom stereocenters. The minimum Gasteiger partial charge on any atom is -0.339 e. The first-order valence-electron chi connectivity index (χ1n) is 5.61. The van der Waals surface area contributed by atoms with Crippen molar-refractivity contribution in [2.24, 2.45) is 11.7 Å². The van der Waals surface area contributed by atoms with E-state index in [1.807, 2.05) is 0 Å². The zero-order valence-electron chi connectivity index (χ0n) is 9.66. The summed E-state index contributed by atoms with van der Waals surface area (Å²) < 4.78 is 5.30. The van der Waals surface area contributed by atoms with E-state index in [2.05, 4.69) is 30.9 Å². The van der Waals surface area contributed by atoms with E-state index in [-0.39, 0.29) is 11.3 Å². The van der Waals surface area contributed by atoms with Crippen LogP contribution in [0.3, 0.4) is 0 Å². The molecule has 2 rings (SSSR count). The van der Waals surface area contributed by atoms with Gasteiger partial charge in [-0.1, -0.05) is 25.9 Å². The van der Waals surface area contributed by atoms with Gasteiger partial charge >= 0.3 is 0 Å². The van der Waals surface area contributed by atoms with Crippen LogP contribution in [0, 0.1) is 5.92 Å². The lowest BCUT2D eigenvalue weighted by Gasteiger charge is -2.13. The van der Waals surface area contributed by atoms with Crippen LogP contribution >= 0.6 is 0 Å². The molecule has 1 fully saturated rings. The van der Waals surface area contributed by atoms with Crippen molar-refractivity contribution in [3.63, 3.8) is 0 Å². The molecular weight excluding hydrogens is 190 g/mol. The van der Waals surface area contributed by atoms with Gasteiger partial charge in [-0.3, -0.25) is 0 Å². The molecule has 0 aromatic carbocycles. The first kappa shape index (κ1) is 10.6. The van der Waals surface area contributed by atoms with Crippen molar-refractivity contribution in [2.75, 3.05) is 6.54 Å². The fraction of sp³-hybridized carbons (Fsp3) is 0.818. The van der Waals surface area contributed by atoms with Gasteiger partial charge in [0.2, 0.25) is 5.89 Å². The largest absolute Gasteiger partial charge is 0.339 e. The number of aromatic nitrogens is 2. The summed E-state index contributed by atoms with van der Waals surface area (Å²) in [6.07, 6.45) is 2.34. The molecule has 1 saturated carbocycles. The average Bonchev–Trinajstić information content (AvgIpc) is 2.76. The van der Waals surface area contributed by atoms with Crippen LogP contribution in [0.2, 0.25) is 0 Å². The van der Waals surface area contributed by atoms with E-state index in [4.69, 9.17) is 10.3 Å². The minimum atomic E-state index is 0.178. The first-order chi connectivity index (χ1) is 7.07. The molecule has 0 saturated heterocycles. The SMILES string of the molecule is CC(C)C(CN)c1nc(C2(C)CC2)no1. The van der Waals surface area contributed by atoms with Gasteiger partial charge in [0.15, 0.2) is 5.82 Å². The standard InChI is InChI=1S/C11H19N3O/c1-7(2)8(6-12)9-13-10(14-15-9)11(3)4-5-11/h7-8H,4-6,12H2,1-3H3. The minimum absolute atomic E-state index is 0.178. The second-order valence-corrected chi connectivity index (χ2v) is 5.10. The molecule has 0 amide bonds. The van der Waals surface area contributed by atoms with Gasteiger partial charge in [0.25, 0.3) is 0 Å². The highest BCUT2D eigenvalue weighted by atomic mass is 16.5. The van der Waals surface area contributed by atoms with Crippen LogP contribution in [0.4, 0.5) is 0 Å². The molecule has 1 aromatic heterocycles. The summed E-state index contributed by atoms with van der Waals surface area (Å²) in [5, 5.41) is 4.06. The maximum Gasteiger partial charge on any atom is 0.231 e. The predicted molar refractivity (Wildman–Crippen MR) is 57.5 cm³/mol. The van der Waals surface area contributed by atoms with Crippen LogP contribution in [0.25, 0.3) is 0 Å². The summed E-state index contributed by atoms with van der Waals surface area (Å²) in [6.45, 7) is 6.99. The number of rotatable bonds is 4. The van der Waals surface area contributed by atoms with Gasteiger partial charge in [0.1, 0.15) is 0 Å². The highest BCUT2D eigenvalue weighted by Crippen LogP contribution is 2.46. The Bertz CT molecular complexity index is 341. The van der Waals surface area contributed by atoms with Crippen molar-refractivity contribution < 1.29 is 4.52 Å². The smallest absolute Gasteiger partial charge is 0.231 e. The summed E-state index contributed by atoms with van der Waals surface area (Å²) in [5.41, 5.74) is 5.89. The van der Waals surface area contributed by atoms with Crippen molar-refractivity contribution in [3.8, 4) is 0 Å². The normalized spacial score (nSPS) is 20.6. The number of hydrogen-bond acceptors (Lipinski definition) is 4. The number of nitrogens with two attached hydrogens (primary N) is 1. The maximum atomic E-state index is 5.71. The zero-order valence-corrected chi connectivity index (χ0v) is 9.66. The van der Waals surface area contributed by atoms with Crippen molar-refractivity contribution in [1.82, 2.24) is 10.1 Å². The van der Waals surface area contributed by atoms with Crippen LogP contribution in [-0.4, -0.2) is 16.7 Å². The molecule has 2 N–H and O–H groups in total. The second kappa shape index (κ2) is 3.59. The van der Waals surface area contributed by atoms with E-state index in [1.54, 1.807) is 0 Å². The van der Waals surface area contributed by atoms with Crippen LogP contribution in [0.15, 0.2) is 4.52 Å². The molecule has 1 aliphatic carbocycles.